The Labute approximate surface area is 61.6 Å². The van der Waals surface area contributed by atoms with Gasteiger partial charge in [0.15, 0.2) is 0 Å². The van der Waals surface area contributed by atoms with Crippen LogP contribution in [0.3, 0.4) is 0 Å². The van der Waals surface area contributed by atoms with Crippen molar-refractivity contribution in [3.05, 3.63) is 22.4 Å². The Hall–Kier alpha value is -1.16. The summed E-state index contributed by atoms with van der Waals surface area (Å²) in [5, 5.41) is 12.4. The summed E-state index contributed by atoms with van der Waals surface area (Å²) < 4.78 is 0. The zero-order valence-electron chi connectivity index (χ0n) is 5.02. The van der Waals surface area contributed by atoms with Gasteiger partial charge in [-0.3, -0.25) is 4.79 Å². The predicted molar refractivity (Wildman–Crippen MR) is 38.9 cm³/mol. The van der Waals surface area contributed by atoms with Gasteiger partial charge >= 0.3 is 0 Å². The number of rotatable bonds is 2. The van der Waals surface area contributed by atoms with E-state index >= 15 is 0 Å². The molecule has 0 saturated carbocycles. The summed E-state index contributed by atoms with van der Waals surface area (Å²) in [5.74, 6) is -0.266. The minimum atomic E-state index is -0.266. The molecular weight excluding hydrogens is 150 g/mol. The highest BCUT2D eigenvalue weighted by atomic mass is 32.1. The first-order valence-corrected chi connectivity index (χ1v) is 3.48. The molecule has 0 bridgehead atoms. The van der Waals surface area contributed by atoms with Crippen molar-refractivity contribution in [3.63, 3.8) is 0 Å². The Balaban J connectivity index is 2.78. The van der Waals surface area contributed by atoms with Gasteiger partial charge in [-0.15, -0.1) is 11.3 Å². The highest BCUT2D eigenvalue weighted by molar-refractivity contribution is 7.12. The van der Waals surface area contributed by atoms with E-state index in [-0.39, 0.29) is 5.78 Å². The third kappa shape index (κ3) is 1.41. The lowest BCUT2D eigenvalue weighted by atomic mass is 10.3. The summed E-state index contributed by atoms with van der Waals surface area (Å²) in [5.41, 5.74) is 0. The molecule has 1 aromatic rings. The van der Waals surface area contributed by atoms with Gasteiger partial charge in [0.1, 0.15) is 6.21 Å². The van der Waals surface area contributed by atoms with E-state index in [4.69, 9.17) is 5.21 Å². The molecule has 1 N–H and O–H groups in total. The maximum atomic E-state index is 10.8. The van der Waals surface area contributed by atoms with E-state index < -0.39 is 0 Å². The molecule has 0 radical (unpaired) electrons. The van der Waals surface area contributed by atoms with Gasteiger partial charge in [-0.2, -0.15) is 0 Å². The molecule has 1 aromatic heterocycles. The highest BCUT2D eigenvalue weighted by Crippen LogP contribution is 2.07. The van der Waals surface area contributed by atoms with Gasteiger partial charge in [0, 0.05) is 0 Å². The van der Waals surface area contributed by atoms with Crippen molar-refractivity contribution in [2.24, 2.45) is 5.16 Å². The molecule has 1 heterocycles. The van der Waals surface area contributed by atoms with Crippen LogP contribution in [0.5, 0.6) is 0 Å². The number of Topliss-reactive ketones (excluding diaryl/α,β-unsaturated/α-hetero) is 1. The molecule has 0 fully saturated rings. The molecule has 1 rings (SSSR count). The Morgan fingerprint density at radius 1 is 1.80 bits per heavy atom. The first-order chi connectivity index (χ1) is 4.84. The monoisotopic (exact) mass is 155 g/mol. The van der Waals surface area contributed by atoms with Crippen LogP contribution in [0.2, 0.25) is 0 Å². The van der Waals surface area contributed by atoms with Crippen molar-refractivity contribution in [1.29, 1.82) is 0 Å². The summed E-state index contributed by atoms with van der Waals surface area (Å²) in [7, 11) is 0. The molecule has 52 valence electrons. The van der Waals surface area contributed by atoms with Gasteiger partial charge in [-0.1, -0.05) is 11.2 Å². The molecule has 0 saturated heterocycles. The zero-order chi connectivity index (χ0) is 7.40. The van der Waals surface area contributed by atoms with E-state index in [0.717, 1.165) is 6.21 Å². The number of oxime groups is 1. The molecule has 0 atom stereocenters. The van der Waals surface area contributed by atoms with Crippen LogP contribution in [-0.2, 0) is 0 Å². The second kappa shape index (κ2) is 3.12. The zero-order valence-corrected chi connectivity index (χ0v) is 5.84. The maximum Gasteiger partial charge on any atom is 0.217 e. The van der Waals surface area contributed by atoms with Crippen LogP contribution in [0, 0.1) is 0 Å². The summed E-state index contributed by atoms with van der Waals surface area (Å²) in [4.78, 5) is 11.4. The van der Waals surface area contributed by atoms with Gasteiger partial charge in [0.25, 0.3) is 0 Å². The van der Waals surface area contributed by atoms with Crippen LogP contribution in [0.25, 0.3) is 0 Å². The quantitative estimate of drug-likeness (QED) is 0.303. The van der Waals surface area contributed by atoms with Crippen molar-refractivity contribution in [2.75, 3.05) is 0 Å². The van der Waals surface area contributed by atoms with E-state index in [9.17, 15) is 4.79 Å². The second-order valence-electron chi connectivity index (χ2n) is 1.59. The first-order valence-electron chi connectivity index (χ1n) is 2.60. The Bertz CT molecular complexity index is 240. The topological polar surface area (TPSA) is 49.7 Å². The number of nitrogens with zero attached hydrogens (tertiary/aromatic N) is 1. The molecule has 0 aliphatic heterocycles. The standard InChI is InChI=1S/C6H5NO2S/c8-5(4-7-9)6-2-1-3-10-6/h1-4,9H/b7-4-. The van der Waals surface area contributed by atoms with Gasteiger partial charge in [0.2, 0.25) is 5.78 Å². The van der Waals surface area contributed by atoms with Crippen LogP contribution in [0.15, 0.2) is 22.7 Å². The average Bonchev–Trinajstić information content (AvgIpc) is 2.38. The minimum Gasteiger partial charge on any atom is -0.411 e. The minimum absolute atomic E-state index is 0.266. The van der Waals surface area contributed by atoms with E-state index in [1.807, 2.05) is 0 Å². The third-order valence-electron chi connectivity index (χ3n) is 0.939. The van der Waals surface area contributed by atoms with Crippen LogP contribution in [0.4, 0.5) is 0 Å². The lowest BCUT2D eigenvalue weighted by Gasteiger charge is -1.82. The molecule has 0 aromatic carbocycles. The normalized spacial score (nSPS) is 10.4. The second-order valence-corrected chi connectivity index (χ2v) is 2.53. The SMILES string of the molecule is O=C(/C=N\O)c1cccs1. The molecule has 3 nitrogen and oxygen atoms in total. The molecule has 0 unspecified atom stereocenters. The smallest absolute Gasteiger partial charge is 0.217 e. The van der Waals surface area contributed by atoms with Crippen molar-refractivity contribution >= 4 is 23.3 Å². The molecular formula is C6H5NO2S. The molecule has 0 spiro atoms. The molecule has 0 amide bonds. The van der Waals surface area contributed by atoms with E-state index in [0.29, 0.717) is 4.88 Å². The Morgan fingerprint density at radius 3 is 3.10 bits per heavy atom. The number of carbonyl (C=O) groups excluding carboxylic acids is 1. The fourth-order valence-corrected chi connectivity index (χ4v) is 1.16. The number of carbonyl (C=O) groups is 1. The van der Waals surface area contributed by atoms with Crippen molar-refractivity contribution < 1.29 is 10.0 Å². The fourth-order valence-electron chi connectivity index (χ4n) is 0.535. The summed E-state index contributed by atoms with van der Waals surface area (Å²) in [6, 6.07) is 3.44. The summed E-state index contributed by atoms with van der Waals surface area (Å²) >= 11 is 1.32. The summed E-state index contributed by atoms with van der Waals surface area (Å²) in [6.45, 7) is 0. The molecule has 10 heavy (non-hydrogen) atoms. The van der Waals surface area contributed by atoms with Crippen molar-refractivity contribution in [3.8, 4) is 0 Å². The van der Waals surface area contributed by atoms with Gasteiger partial charge in [-0.05, 0) is 11.4 Å². The molecule has 0 aliphatic carbocycles. The largest absolute Gasteiger partial charge is 0.411 e. The predicted octanol–water partition coefficient (Wildman–Crippen LogP) is 1.39. The molecule has 4 heteroatoms. The van der Waals surface area contributed by atoms with E-state index in [1.165, 1.54) is 11.3 Å². The number of thiophene rings is 1. The number of ketones is 1. The van der Waals surface area contributed by atoms with Gasteiger partial charge in [0.05, 0.1) is 4.88 Å². The van der Waals surface area contributed by atoms with E-state index in [1.54, 1.807) is 17.5 Å². The van der Waals surface area contributed by atoms with Crippen LogP contribution in [-0.4, -0.2) is 17.2 Å². The average molecular weight is 155 g/mol. The highest BCUT2D eigenvalue weighted by Gasteiger charge is 2.01. The number of hydrogen-bond donors (Lipinski definition) is 1. The van der Waals surface area contributed by atoms with Gasteiger partial charge in [-0.25, -0.2) is 0 Å². The van der Waals surface area contributed by atoms with Gasteiger partial charge < -0.3 is 5.21 Å². The molecule has 0 aliphatic rings. The maximum absolute atomic E-state index is 10.8. The Morgan fingerprint density at radius 2 is 2.60 bits per heavy atom. The van der Waals surface area contributed by atoms with Crippen LogP contribution >= 0.6 is 11.3 Å². The first kappa shape index (κ1) is 6.95. The van der Waals surface area contributed by atoms with E-state index in [2.05, 4.69) is 5.16 Å². The lowest BCUT2D eigenvalue weighted by Crippen LogP contribution is -1.95. The third-order valence-corrected chi connectivity index (χ3v) is 1.82. The van der Waals surface area contributed by atoms with Crippen molar-refractivity contribution in [2.45, 2.75) is 0 Å². The van der Waals surface area contributed by atoms with Crippen LogP contribution < -0.4 is 0 Å². The van der Waals surface area contributed by atoms with Crippen molar-refractivity contribution in [1.82, 2.24) is 0 Å². The Kier molecular flexibility index (Phi) is 2.17. The fraction of sp³-hybridized carbons (Fsp3) is 0. The van der Waals surface area contributed by atoms with Crippen LogP contribution in [0.1, 0.15) is 9.67 Å². The lowest BCUT2D eigenvalue weighted by molar-refractivity contribution is 0.107. The summed E-state index contributed by atoms with van der Waals surface area (Å²) in [6.07, 6.45) is 0.881. The number of hydrogen-bond acceptors (Lipinski definition) is 4.